The van der Waals surface area contributed by atoms with Crippen LogP contribution in [0.3, 0.4) is 0 Å². The highest BCUT2D eigenvalue weighted by Gasteiger charge is 2.23. The van der Waals surface area contributed by atoms with Gasteiger partial charge in [0.25, 0.3) is 0 Å². The highest BCUT2D eigenvalue weighted by atomic mass is 16.6. The Morgan fingerprint density at radius 3 is 2.75 bits per heavy atom. The Kier molecular flexibility index (Phi) is 6.94. The van der Waals surface area contributed by atoms with E-state index in [4.69, 9.17) is 15.2 Å². The Bertz CT molecular complexity index is 811. The third-order valence-electron chi connectivity index (χ3n) is 4.75. The van der Waals surface area contributed by atoms with E-state index >= 15 is 0 Å². The standard InChI is InChI=1S/C21H28N4O3/c1-2-27-21(26)25-13-10-17(11-14-25)24-20(22)23-12-15-28-19-9-5-7-16-6-3-4-8-18(16)19/h3-9,17H,2,10-15H2,1H3,(H3,22,23,24). The van der Waals surface area contributed by atoms with E-state index in [-0.39, 0.29) is 12.1 Å². The summed E-state index contributed by atoms with van der Waals surface area (Å²) in [5, 5.41) is 5.47. The van der Waals surface area contributed by atoms with Gasteiger partial charge in [0.1, 0.15) is 12.4 Å². The fourth-order valence-corrected chi connectivity index (χ4v) is 3.32. The van der Waals surface area contributed by atoms with Gasteiger partial charge in [0, 0.05) is 24.5 Å². The van der Waals surface area contributed by atoms with Gasteiger partial charge in [0.2, 0.25) is 0 Å². The number of aliphatic imine (C=N–C) groups is 1. The van der Waals surface area contributed by atoms with Crippen LogP contribution in [0.1, 0.15) is 19.8 Å². The summed E-state index contributed by atoms with van der Waals surface area (Å²) in [7, 11) is 0. The van der Waals surface area contributed by atoms with Gasteiger partial charge in [-0.3, -0.25) is 0 Å². The molecule has 0 unspecified atom stereocenters. The number of hydrogen-bond donors (Lipinski definition) is 2. The number of likely N-dealkylation sites (tertiary alicyclic amines) is 1. The summed E-state index contributed by atoms with van der Waals surface area (Å²) in [5.41, 5.74) is 5.99. The highest BCUT2D eigenvalue weighted by Crippen LogP contribution is 2.24. The van der Waals surface area contributed by atoms with Crippen molar-refractivity contribution < 1.29 is 14.3 Å². The molecule has 0 aromatic heterocycles. The minimum Gasteiger partial charge on any atom is -0.491 e. The molecule has 1 amide bonds. The molecule has 0 aliphatic carbocycles. The minimum atomic E-state index is -0.242. The number of ether oxygens (including phenoxy) is 2. The third kappa shape index (κ3) is 5.28. The van der Waals surface area contributed by atoms with Crippen molar-refractivity contribution in [2.45, 2.75) is 25.8 Å². The van der Waals surface area contributed by atoms with Crippen LogP contribution in [0.25, 0.3) is 10.8 Å². The molecule has 2 aromatic rings. The zero-order chi connectivity index (χ0) is 19.8. The second-order valence-corrected chi connectivity index (χ2v) is 6.70. The normalized spacial score (nSPS) is 15.5. The first kappa shape index (κ1) is 19.8. The van der Waals surface area contributed by atoms with Crippen LogP contribution in [0, 0.1) is 0 Å². The average molecular weight is 384 g/mol. The molecule has 1 fully saturated rings. The van der Waals surface area contributed by atoms with Crippen molar-refractivity contribution in [3.8, 4) is 5.75 Å². The summed E-state index contributed by atoms with van der Waals surface area (Å²) < 4.78 is 10.9. The number of carbonyl (C=O) groups is 1. The van der Waals surface area contributed by atoms with E-state index in [1.165, 1.54) is 0 Å². The first-order chi connectivity index (χ1) is 13.7. The number of hydrogen-bond acceptors (Lipinski definition) is 4. The van der Waals surface area contributed by atoms with Gasteiger partial charge < -0.3 is 25.4 Å². The lowest BCUT2D eigenvalue weighted by Gasteiger charge is -2.31. The molecule has 3 N–H and O–H groups in total. The zero-order valence-corrected chi connectivity index (χ0v) is 16.3. The number of fused-ring (bicyclic) bond motifs is 1. The number of carbonyl (C=O) groups excluding carboxylic acids is 1. The number of guanidine groups is 1. The van der Waals surface area contributed by atoms with Crippen LogP contribution in [0.2, 0.25) is 0 Å². The molecule has 0 spiro atoms. The maximum atomic E-state index is 11.7. The number of nitrogens with zero attached hydrogens (tertiary/aromatic N) is 2. The second kappa shape index (κ2) is 9.82. The molecule has 2 aromatic carbocycles. The average Bonchev–Trinajstić information content (AvgIpc) is 2.72. The van der Waals surface area contributed by atoms with Crippen molar-refractivity contribution >= 4 is 22.8 Å². The predicted octanol–water partition coefficient (Wildman–Crippen LogP) is 2.74. The summed E-state index contributed by atoms with van der Waals surface area (Å²) in [6.45, 7) is 4.47. The maximum Gasteiger partial charge on any atom is 0.409 e. The van der Waals surface area contributed by atoms with Gasteiger partial charge in [-0.1, -0.05) is 36.4 Å². The minimum absolute atomic E-state index is 0.216. The maximum absolute atomic E-state index is 11.7. The molecular formula is C21H28N4O3. The Morgan fingerprint density at radius 2 is 1.96 bits per heavy atom. The van der Waals surface area contributed by atoms with Crippen LogP contribution in [-0.4, -0.2) is 55.8 Å². The topological polar surface area (TPSA) is 89.2 Å². The van der Waals surface area contributed by atoms with E-state index in [9.17, 15) is 4.79 Å². The fourth-order valence-electron chi connectivity index (χ4n) is 3.32. The summed E-state index contributed by atoms with van der Waals surface area (Å²) in [4.78, 5) is 17.8. The van der Waals surface area contributed by atoms with Crippen LogP contribution in [0.4, 0.5) is 4.79 Å². The number of nitrogens with two attached hydrogens (primary N) is 1. The number of benzene rings is 2. The molecule has 0 bridgehead atoms. The van der Waals surface area contributed by atoms with Gasteiger partial charge in [0.05, 0.1) is 13.2 Å². The van der Waals surface area contributed by atoms with Crippen LogP contribution in [0.5, 0.6) is 5.75 Å². The van der Waals surface area contributed by atoms with E-state index in [0.29, 0.717) is 38.8 Å². The molecule has 1 saturated heterocycles. The fraction of sp³-hybridized carbons (Fsp3) is 0.429. The lowest BCUT2D eigenvalue weighted by atomic mass is 10.1. The van der Waals surface area contributed by atoms with Crippen molar-refractivity contribution in [3.05, 3.63) is 42.5 Å². The third-order valence-corrected chi connectivity index (χ3v) is 4.75. The number of nitrogens with one attached hydrogen (secondary N) is 1. The summed E-state index contributed by atoms with van der Waals surface area (Å²) in [6.07, 6.45) is 1.40. The van der Waals surface area contributed by atoms with E-state index in [2.05, 4.69) is 22.4 Å². The van der Waals surface area contributed by atoms with Crippen molar-refractivity contribution in [3.63, 3.8) is 0 Å². The highest BCUT2D eigenvalue weighted by molar-refractivity contribution is 5.88. The smallest absolute Gasteiger partial charge is 0.409 e. The van der Waals surface area contributed by atoms with Gasteiger partial charge in [-0.25, -0.2) is 9.79 Å². The molecule has 1 heterocycles. The van der Waals surface area contributed by atoms with E-state index < -0.39 is 0 Å². The Balaban J connectivity index is 1.41. The van der Waals surface area contributed by atoms with Crippen molar-refractivity contribution in [1.82, 2.24) is 10.2 Å². The molecule has 150 valence electrons. The van der Waals surface area contributed by atoms with Gasteiger partial charge >= 0.3 is 6.09 Å². The molecule has 0 saturated carbocycles. The van der Waals surface area contributed by atoms with Crippen molar-refractivity contribution in [2.24, 2.45) is 10.7 Å². The zero-order valence-electron chi connectivity index (χ0n) is 16.3. The summed E-state index contributed by atoms with van der Waals surface area (Å²) in [5.74, 6) is 1.27. The lowest BCUT2D eigenvalue weighted by molar-refractivity contribution is 0.0963. The Morgan fingerprint density at radius 1 is 1.21 bits per heavy atom. The van der Waals surface area contributed by atoms with E-state index in [1.807, 2.05) is 37.3 Å². The Labute approximate surface area is 165 Å². The van der Waals surface area contributed by atoms with Crippen LogP contribution in [-0.2, 0) is 4.74 Å². The first-order valence-electron chi connectivity index (χ1n) is 9.76. The predicted molar refractivity (Wildman–Crippen MR) is 111 cm³/mol. The molecule has 1 aliphatic rings. The van der Waals surface area contributed by atoms with E-state index in [1.54, 1.807) is 4.90 Å². The molecule has 0 atom stereocenters. The lowest BCUT2D eigenvalue weighted by Crippen LogP contribution is -2.48. The van der Waals surface area contributed by atoms with Crippen molar-refractivity contribution in [2.75, 3.05) is 32.8 Å². The Hall–Kier alpha value is -2.96. The second-order valence-electron chi connectivity index (χ2n) is 6.70. The quantitative estimate of drug-likeness (QED) is 0.454. The number of piperidine rings is 1. The monoisotopic (exact) mass is 384 g/mol. The summed E-state index contributed by atoms with van der Waals surface area (Å²) in [6, 6.07) is 14.4. The number of amides is 1. The SMILES string of the molecule is CCOC(=O)N1CCC(NC(N)=NCCOc2cccc3ccccc23)CC1. The molecule has 28 heavy (non-hydrogen) atoms. The van der Waals surface area contributed by atoms with Crippen LogP contribution in [0.15, 0.2) is 47.5 Å². The van der Waals surface area contributed by atoms with Gasteiger partial charge in [-0.05, 0) is 31.2 Å². The number of rotatable bonds is 6. The summed E-state index contributed by atoms with van der Waals surface area (Å²) >= 11 is 0. The van der Waals surface area contributed by atoms with Gasteiger partial charge in [-0.2, -0.15) is 0 Å². The molecule has 7 heteroatoms. The largest absolute Gasteiger partial charge is 0.491 e. The molecule has 1 aliphatic heterocycles. The molecule has 7 nitrogen and oxygen atoms in total. The van der Waals surface area contributed by atoms with Crippen molar-refractivity contribution in [1.29, 1.82) is 0 Å². The van der Waals surface area contributed by atoms with Crippen LogP contribution < -0.4 is 15.8 Å². The van der Waals surface area contributed by atoms with Gasteiger partial charge in [-0.15, -0.1) is 0 Å². The van der Waals surface area contributed by atoms with Gasteiger partial charge in [0.15, 0.2) is 5.96 Å². The first-order valence-corrected chi connectivity index (χ1v) is 9.76. The molecule has 3 rings (SSSR count). The molecular weight excluding hydrogens is 356 g/mol. The molecule has 0 radical (unpaired) electrons. The van der Waals surface area contributed by atoms with E-state index in [0.717, 1.165) is 29.4 Å². The van der Waals surface area contributed by atoms with Crippen LogP contribution >= 0.6 is 0 Å².